The van der Waals surface area contributed by atoms with Crippen molar-refractivity contribution in [3.8, 4) is 0 Å². The van der Waals surface area contributed by atoms with Gasteiger partial charge in [-0.2, -0.15) is 0 Å². The lowest BCUT2D eigenvalue weighted by molar-refractivity contribution is -0.127. The van der Waals surface area contributed by atoms with E-state index < -0.39 is 0 Å². The fourth-order valence-electron chi connectivity index (χ4n) is 3.41. The maximum absolute atomic E-state index is 12.5. The first-order valence-electron chi connectivity index (χ1n) is 9.09. The Balaban J connectivity index is 1.54. The van der Waals surface area contributed by atoms with Crippen LogP contribution in [0.3, 0.4) is 0 Å². The number of morpholine rings is 1. The Morgan fingerprint density at radius 1 is 1.28 bits per heavy atom. The van der Waals surface area contributed by atoms with Gasteiger partial charge in [0.1, 0.15) is 0 Å². The van der Waals surface area contributed by atoms with Gasteiger partial charge in [-0.1, -0.05) is 12.1 Å². The van der Waals surface area contributed by atoms with E-state index in [1.54, 1.807) is 0 Å². The van der Waals surface area contributed by atoms with Crippen molar-refractivity contribution in [3.05, 3.63) is 35.4 Å². The first kappa shape index (κ1) is 17.9. The summed E-state index contributed by atoms with van der Waals surface area (Å²) in [7, 11) is 0. The number of hydrogen-bond acceptors (Lipinski definition) is 4. The molecule has 0 bridgehead atoms. The molecule has 25 heavy (non-hydrogen) atoms. The summed E-state index contributed by atoms with van der Waals surface area (Å²) in [6.45, 7) is 7.56. The average Bonchev–Trinajstić information content (AvgIpc) is 3.00. The number of likely N-dealkylation sites (tertiary alicyclic amines) is 1. The van der Waals surface area contributed by atoms with E-state index in [1.165, 1.54) is 0 Å². The minimum Gasteiger partial charge on any atom is -0.379 e. The van der Waals surface area contributed by atoms with Crippen LogP contribution in [0.5, 0.6) is 0 Å². The number of nitrogens with one attached hydrogen (secondary N) is 1. The second-order valence-corrected chi connectivity index (χ2v) is 6.91. The molecule has 0 radical (unpaired) electrons. The first-order valence-corrected chi connectivity index (χ1v) is 9.09. The minimum atomic E-state index is -0.0806. The number of nitrogens with zero attached hydrogens (tertiary/aromatic N) is 2. The van der Waals surface area contributed by atoms with Gasteiger partial charge in [-0.25, -0.2) is 0 Å². The third kappa shape index (κ3) is 5.03. The van der Waals surface area contributed by atoms with Gasteiger partial charge >= 0.3 is 0 Å². The van der Waals surface area contributed by atoms with Crippen LogP contribution in [0.25, 0.3) is 0 Å². The van der Waals surface area contributed by atoms with Gasteiger partial charge in [0.15, 0.2) is 0 Å². The molecule has 2 amide bonds. The Hall–Kier alpha value is -1.92. The van der Waals surface area contributed by atoms with Gasteiger partial charge in [-0.15, -0.1) is 0 Å². The minimum absolute atomic E-state index is 0.0579. The van der Waals surface area contributed by atoms with E-state index in [-0.39, 0.29) is 17.9 Å². The molecule has 2 saturated heterocycles. The van der Waals surface area contributed by atoms with Crippen molar-refractivity contribution in [2.45, 2.75) is 32.4 Å². The van der Waals surface area contributed by atoms with E-state index in [9.17, 15) is 9.59 Å². The molecule has 6 nitrogen and oxygen atoms in total. The van der Waals surface area contributed by atoms with Crippen molar-refractivity contribution in [1.82, 2.24) is 15.1 Å². The molecule has 0 saturated carbocycles. The lowest BCUT2D eigenvalue weighted by Gasteiger charge is -2.26. The van der Waals surface area contributed by atoms with E-state index in [4.69, 9.17) is 4.74 Å². The van der Waals surface area contributed by atoms with Crippen LogP contribution in [-0.4, -0.2) is 67.0 Å². The van der Waals surface area contributed by atoms with E-state index in [0.29, 0.717) is 18.5 Å². The third-order valence-corrected chi connectivity index (χ3v) is 4.74. The zero-order valence-electron chi connectivity index (χ0n) is 14.9. The summed E-state index contributed by atoms with van der Waals surface area (Å²) in [5.41, 5.74) is 1.81. The van der Waals surface area contributed by atoms with E-state index in [2.05, 4.69) is 16.3 Å². The Labute approximate surface area is 149 Å². The summed E-state index contributed by atoms with van der Waals surface area (Å²) in [5, 5.41) is 3.01. The van der Waals surface area contributed by atoms with Crippen molar-refractivity contribution < 1.29 is 14.3 Å². The van der Waals surface area contributed by atoms with Crippen molar-refractivity contribution in [1.29, 1.82) is 0 Å². The molecule has 1 atom stereocenters. The first-order chi connectivity index (χ1) is 12.1. The fourth-order valence-corrected chi connectivity index (χ4v) is 3.41. The molecule has 6 heteroatoms. The highest BCUT2D eigenvalue weighted by Gasteiger charge is 2.22. The van der Waals surface area contributed by atoms with Crippen LogP contribution in [0.2, 0.25) is 0 Å². The molecule has 2 aliphatic heterocycles. The number of ether oxygens (including phenoxy) is 1. The third-order valence-electron chi connectivity index (χ3n) is 4.74. The van der Waals surface area contributed by atoms with Crippen LogP contribution in [0.1, 0.15) is 35.7 Å². The van der Waals surface area contributed by atoms with E-state index in [0.717, 1.165) is 51.4 Å². The zero-order chi connectivity index (χ0) is 17.6. The van der Waals surface area contributed by atoms with Crippen molar-refractivity contribution in [2.24, 2.45) is 0 Å². The quantitative estimate of drug-likeness (QED) is 0.843. The number of benzene rings is 1. The molecule has 1 N–H and O–H groups in total. The van der Waals surface area contributed by atoms with Gasteiger partial charge in [0, 0.05) is 50.7 Å². The standard InChI is InChI=1S/C19H27N3O3/c1-15(13-22-7-3-6-18(22)23)20-19(24)17-5-2-4-16(12-17)14-21-8-10-25-11-9-21/h2,4-5,12,15H,3,6-11,13-14H2,1H3,(H,20,24)/t15-/m1/s1. The molecule has 0 aliphatic carbocycles. The Morgan fingerprint density at radius 3 is 2.80 bits per heavy atom. The molecule has 0 aromatic heterocycles. The van der Waals surface area contributed by atoms with E-state index in [1.807, 2.05) is 30.0 Å². The molecule has 0 unspecified atom stereocenters. The predicted molar refractivity (Wildman–Crippen MR) is 95.3 cm³/mol. The summed E-state index contributed by atoms with van der Waals surface area (Å²) < 4.78 is 5.37. The summed E-state index contributed by atoms with van der Waals surface area (Å²) in [5.74, 6) is 0.108. The van der Waals surface area contributed by atoms with Gasteiger partial charge in [-0.05, 0) is 31.0 Å². The average molecular weight is 345 g/mol. The highest BCUT2D eigenvalue weighted by Crippen LogP contribution is 2.12. The number of amides is 2. The summed E-state index contributed by atoms with van der Waals surface area (Å²) in [4.78, 5) is 28.4. The number of carbonyl (C=O) groups is 2. The van der Waals surface area contributed by atoms with Crippen LogP contribution >= 0.6 is 0 Å². The maximum Gasteiger partial charge on any atom is 0.251 e. The Bertz CT molecular complexity index is 614. The zero-order valence-corrected chi connectivity index (χ0v) is 14.9. The molecule has 0 spiro atoms. The normalized spacial score (nSPS) is 19.9. The van der Waals surface area contributed by atoms with Gasteiger partial charge < -0.3 is 15.0 Å². The summed E-state index contributed by atoms with van der Waals surface area (Å²) in [6, 6.07) is 7.72. The Morgan fingerprint density at radius 2 is 2.08 bits per heavy atom. The van der Waals surface area contributed by atoms with Crippen LogP contribution < -0.4 is 5.32 Å². The van der Waals surface area contributed by atoms with Crippen LogP contribution in [0, 0.1) is 0 Å². The Kier molecular flexibility index (Phi) is 6.04. The monoisotopic (exact) mass is 345 g/mol. The van der Waals surface area contributed by atoms with Gasteiger partial charge in [0.2, 0.25) is 5.91 Å². The molecule has 136 valence electrons. The topological polar surface area (TPSA) is 61.9 Å². The number of hydrogen-bond donors (Lipinski definition) is 1. The summed E-state index contributed by atoms with van der Waals surface area (Å²) in [6.07, 6.45) is 1.55. The molecule has 2 fully saturated rings. The molecule has 3 rings (SSSR count). The number of carbonyl (C=O) groups excluding carboxylic acids is 2. The highest BCUT2D eigenvalue weighted by molar-refractivity contribution is 5.94. The van der Waals surface area contributed by atoms with Crippen LogP contribution in [0.4, 0.5) is 0 Å². The molecule has 2 aliphatic rings. The second-order valence-electron chi connectivity index (χ2n) is 6.91. The van der Waals surface area contributed by atoms with E-state index >= 15 is 0 Å². The smallest absolute Gasteiger partial charge is 0.251 e. The van der Waals surface area contributed by atoms with Crippen LogP contribution in [-0.2, 0) is 16.1 Å². The molecular weight excluding hydrogens is 318 g/mol. The highest BCUT2D eigenvalue weighted by atomic mass is 16.5. The largest absolute Gasteiger partial charge is 0.379 e. The maximum atomic E-state index is 12.5. The molecule has 1 aromatic carbocycles. The number of rotatable bonds is 6. The lowest BCUT2D eigenvalue weighted by Crippen LogP contribution is -2.42. The predicted octanol–water partition coefficient (Wildman–Crippen LogP) is 1.26. The van der Waals surface area contributed by atoms with Crippen LogP contribution in [0.15, 0.2) is 24.3 Å². The van der Waals surface area contributed by atoms with Gasteiger partial charge in [0.25, 0.3) is 5.91 Å². The molecule has 2 heterocycles. The summed E-state index contributed by atoms with van der Waals surface area (Å²) >= 11 is 0. The molecular formula is C19H27N3O3. The lowest BCUT2D eigenvalue weighted by atomic mass is 10.1. The molecule has 1 aromatic rings. The fraction of sp³-hybridized carbons (Fsp3) is 0.579. The van der Waals surface area contributed by atoms with Crippen molar-refractivity contribution in [2.75, 3.05) is 39.4 Å². The SMILES string of the molecule is C[C@H](CN1CCCC1=O)NC(=O)c1cccc(CN2CCOCC2)c1. The second kappa shape index (κ2) is 8.45. The van der Waals surface area contributed by atoms with Crippen molar-refractivity contribution in [3.63, 3.8) is 0 Å². The van der Waals surface area contributed by atoms with Crippen molar-refractivity contribution >= 4 is 11.8 Å². The van der Waals surface area contributed by atoms with Gasteiger partial charge in [-0.3, -0.25) is 14.5 Å². The van der Waals surface area contributed by atoms with Gasteiger partial charge in [0.05, 0.1) is 13.2 Å².